The van der Waals surface area contributed by atoms with Crippen molar-refractivity contribution < 1.29 is 19.1 Å². The maximum Gasteiger partial charge on any atom is 0.410 e. The standard InChI is InChI=1S/C26H29N5O4S/c1-4-34-21-8-6-5-7-18(21)17(2)13-24(32)29-25-20(14-27)19-9-11-31(15-22(19)36-25)26(33)35-16-23-28-10-12-30(23)3/h5-8,10,12,17H,4,9,11,13,15-16H2,1-3H3,(H,29,32)/t17-/m0/s1. The monoisotopic (exact) mass is 507 g/mol. The van der Waals surface area contributed by atoms with Crippen LogP contribution in [0.15, 0.2) is 36.7 Å². The fraction of sp³-hybridized carbons (Fsp3) is 0.385. The maximum absolute atomic E-state index is 12.9. The number of thiophene rings is 1. The Hall–Kier alpha value is -3.84. The molecule has 0 saturated carbocycles. The highest BCUT2D eigenvalue weighted by molar-refractivity contribution is 7.16. The largest absolute Gasteiger partial charge is 0.494 e. The molecule has 0 fully saturated rings. The zero-order chi connectivity index (χ0) is 25.7. The number of nitriles is 1. The fourth-order valence-corrected chi connectivity index (χ4v) is 5.49. The molecule has 1 N–H and O–H groups in total. The van der Waals surface area contributed by atoms with E-state index in [1.54, 1.807) is 21.9 Å². The van der Waals surface area contributed by atoms with Crippen molar-refractivity contribution in [2.75, 3.05) is 18.5 Å². The number of benzene rings is 1. The van der Waals surface area contributed by atoms with Gasteiger partial charge in [0.25, 0.3) is 0 Å². The summed E-state index contributed by atoms with van der Waals surface area (Å²) in [7, 11) is 1.84. The van der Waals surface area contributed by atoms with Crippen molar-refractivity contribution in [2.24, 2.45) is 7.05 Å². The van der Waals surface area contributed by atoms with Gasteiger partial charge in [0.15, 0.2) is 6.61 Å². The van der Waals surface area contributed by atoms with E-state index in [1.165, 1.54) is 11.3 Å². The first-order valence-corrected chi connectivity index (χ1v) is 12.7. The number of rotatable bonds is 8. The minimum absolute atomic E-state index is 0.0585. The van der Waals surface area contributed by atoms with E-state index in [4.69, 9.17) is 9.47 Å². The Labute approximate surface area is 214 Å². The third-order valence-electron chi connectivity index (χ3n) is 6.17. The molecule has 4 rings (SSSR count). The smallest absolute Gasteiger partial charge is 0.410 e. The number of aromatic nitrogens is 2. The van der Waals surface area contributed by atoms with Crippen molar-refractivity contribution in [1.82, 2.24) is 14.5 Å². The number of carbonyl (C=O) groups excluding carboxylic acids is 2. The lowest BCUT2D eigenvalue weighted by molar-refractivity contribution is -0.116. The Balaban J connectivity index is 1.40. The molecule has 1 aliphatic rings. The second kappa shape index (κ2) is 11.3. The summed E-state index contributed by atoms with van der Waals surface area (Å²) in [4.78, 5) is 32.2. The highest BCUT2D eigenvalue weighted by Gasteiger charge is 2.29. The van der Waals surface area contributed by atoms with Crippen LogP contribution in [0.2, 0.25) is 0 Å². The average Bonchev–Trinajstić information content (AvgIpc) is 3.44. The number of ether oxygens (including phenoxy) is 2. The van der Waals surface area contributed by atoms with Gasteiger partial charge in [0.2, 0.25) is 5.91 Å². The highest BCUT2D eigenvalue weighted by Crippen LogP contribution is 2.37. The zero-order valence-corrected chi connectivity index (χ0v) is 21.4. The van der Waals surface area contributed by atoms with Crippen LogP contribution in [0, 0.1) is 11.3 Å². The first-order valence-electron chi connectivity index (χ1n) is 11.8. The van der Waals surface area contributed by atoms with Crippen LogP contribution in [0.1, 0.15) is 53.6 Å². The van der Waals surface area contributed by atoms with Gasteiger partial charge in [-0.1, -0.05) is 25.1 Å². The number of anilines is 1. The topological polar surface area (TPSA) is 109 Å². The SMILES string of the molecule is CCOc1ccccc1[C@@H](C)CC(=O)Nc1sc2c(c1C#N)CCN(C(=O)OCc1nccn1C)C2. The number of nitrogens with zero attached hydrogens (tertiary/aromatic N) is 4. The van der Waals surface area contributed by atoms with E-state index in [2.05, 4.69) is 16.4 Å². The van der Waals surface area contributed by atoms with Gasteiger partial charge in [-0.15, -0.1) is 11.3 Å². The molecule has 10 heteroatoms. The van der Waals surface area contributed by atoms with Crippen LogP contribution in [-0.4, -0.2) is 39.6 Å². The van der Waals surface area contributed by atoms with E-state index >= 15 is 0 Å². The molecule has 188 valence electrons. The third-order valence-corrected chi connectivity index (χ3v) is 7.30. The molecule has 0 radical (unpaired) electrons. The number of aryl methyl sites for hydroxylation is 1. The molecule has 1 atom stereocenters. The number of fused-ring (bicyclic) bond motifs is 1. The van der Waals surface area contributed by atoms with E-state index in [0.717, 1.165) is 21.8 Å². The number of hydrogen-bond donors (Lipinski definition) is 1. The van der Waals surface area contributed by atoms with Gasteiger partial charge in [0, 0.05) is 37.3 Å². The second-order valence-corrected chi connectivity index (χ2v) is 9.73. The Bertz CT molecular complexity index is 1290. The minimum atomic E-state index is -0.428. The van der Waals surface area contributed by atoms with Crippen LogP contribution < -0.4 is 10.1 Å². The molecule has 3 heterocycles. The van der Waals surface area contributed by atoms with Crippen molar-refractivity contribution in [3.8, 4) is 11.8 Å². The van der Waals surface area contributed by atoms with Gasteiger partial charge in [-0.25, -0.2) is 9.78 Å². The van der Waals surface area contributed by atoms with Gasteiger partial charge in [-0.2, -0.15) is 5.26 Å². The molecule has 0 saturated heterocycles. The summed E-state index contributed by atoms with van der Waals surface area (Å²) >= 11 is 1.34. The summed E-state index contributed by atoms with van der Waals surface area (Å²) in [6, 6.07) is 9.96. The summed E-state index contributed by atoms with van der Waals surface area (Å²) in [6.07, 6.45) is 3.80. The maximum atomic E-state index is 12.9. The molecule has 2 aromatic heterocycles. The van der Waals surface area contributed by atoms with Crippen LogP contribution in [0.3, 0.4) is 0 Å². The Kier molecular flexibility index (Phi) is 7.90. The van der Waals surface area contributed by atoms with Crippen molar-refractivity contribution >= 4 is 28.3 Å². The van der Waals surface area contributed by atoms with Gasteiger partial charge in [0.1, 0.15) is 22.6 Å². The molecule has 36 heavy (non-hydrogen) atoms. The second-order valence-electron chi connectivity index (χ2n) is 8.62. The van der Waals surface area contributed by atoms with Crippen LogP contribution >= 0.6 is 11.3 Å². The van der Waals surface area contributed by atoms with E-state index < -0.39 is 6.09 Å². The van der Waals surface area contributed by atoms with Crippen molar-refractivity contribution in [2.45, 2.75) is 45.8 Å². The lowest BCUT2D eigenvalue weighted by Gasteiger charge is -2.26. The first-order chi connectivity index (χ1) is 17.4. The van der Waals surface area contributed by atoms with E-state index in [-0.39, 0.29) is 24.9 Å². The minimum Gasteiger partial charge on any atom is -0.494 e. The molecule has 1 aliphatic heterocycles. The van der Waals surface area contributed by atoms with Crippen LogP contribution in [-0.2, 0) is 36.2 Å². The van der Waals surface area contributed by atoms with Gasteiger partial charge in [-0.05, 0) is 36.5 Å². The van der Waals surface area contributed by atoms with E-state index in [0.29, 0.717) is 42.5 Å². The molecule has 3 aromatic rings. The summed E-state index contributed by atoms with van der Waals surface area (Å²) in [5, 5.41) is 13.3. The number of para-hydroxylation sites is 1. The Morgan fingerprint density at radius 2 is 2.14 bits per heavy atom. The molecule has 0 spiro atoms. The third kappa shape index (κ3) is 5.52. The highest BCUT2D eigenvalue weighted by atomic mass is 32.1. The predicted molar refractivity (Wildman–Crippen MR) is 136 cm³/mol. The Morgan fingerprint density at radius 3 is 2.86 bits per heavy atom. The summed E-state index contributed by atoms with van der Waals surface area (Å²) < 4.78 is 12.9. The fourth-order valence-electron chi connectivity index (χ4n) is 4.26. The molecule has 0 unspecified atom stereocenters. The normalized spacial score (nSPS) is 13.4. The lowest BCUT2D eigenvalue weighted by Crippen LogP contribution is -2.36. The van der Waals surface area contributed by atoms with Crippen LogP contribution in [0.5, 0.6) is 5.75 Å². The molecule has 0 bridgehead atoms. The summed E-state index contributed by atoms with van der Waals surface area (Å²) in [5.41, 5.74) is 2.34. The Morgan fingerprint density at radius 1 is 1.33 bits per heavy atom. The summed E-state index contributed by atoms with van der Waals surface area (Å²) in [5.74, 6) is 1.21. The summed E-state index contributed by atoms with van der Waals surface area (Å²) in [6.45, 7) is 5.33. The molecular formula is C26H29N5O4S. The number of imidazole rings is 1. The van der Waals surface area contributed by atoms with Crippen molar-refractivity contribution in [3.05, 3.63) is 64.1 Å². The van der Waals surface area contributed by atoms with Crippen LogP contribution in [0.25, 0.3) is 0 Å². The predicted octanol–water partition coefficient (Wildman–Crippen LogP) is 4.58. The molecular weight excluding hydrogens is 478 g/mol. The number of nitrogens with one attached hydrogen (secondary N) is 1. The molecule has 2 amide bonds. The van der Waals surface area contributed by atoms with Crippen molar-refractivity contribution in [3.63, 3.8) is 0 Å². The number of amides is 2. The molecule has 0 aliphatic carbocycles. The van der Waals surface area contributed by atoms with E-state index in [1.807, 2.05) is 45.2 Å². The average molecular weight is 508 g/mol. The van der Waals surface area contributed by atoms with Gasteiger partial charge in [0.05, 0.1) is 18.7 Å². The van der Waals surface area contributed by atoms with Gasteiger partial charge >= 0.3 is 6.09 Å². The molecule has 1 aromatic carbocycles. The number of hydrogen-bond acceptors (Lipinski definition) is 7. The quantitative estimate of drug-likeness (QED) is 0.478. The van der Waals surface area contributed by atoms with Crippen LogP contribution in [0.4, 0.5) is 9.80 Å². The van der Waals surface area contributed by atoms with Crippen molar-refractivity contribution in [1.29, 1.82) is 5.26 Å². The van der Waals surface area contributed by atoms with Gasteiger partial charge in [-0.3, -0.25) is 4.79 Å². The molecule has 9 nitrogen and oxygen atoms in total. The van der Waals surface area contributed by atoms with E-state index in [9.17, 15) is 14.9 Å². The number of carbonyl (C=O) groups is 2. The lowest BCUT2D eigenvalue weighted by atomic mass is 9.96. The zero-order valence-electron chi connectivity index (χ0n) is 20.6. The van der Waals surface area contributed by atoms with Gasteiger partial charge < -0.3 is 24.3 Å². The first kappa shape index (κ1) is 25.3.